The van der Waals surface area contributed by atoms with Gasteiger partial charge in [-0.15, -0.1) is 0 Å². The molecule has 7 heteroatoms. The first-order valence-electron chi connectivity index (χ1n) is 6.60. The normalized spacial score (nSPS) is 10.7. The highest BCUT2D eigenvalue weighted by atomic mass is 35.5. The number of nitrogens with one attached hydrogen (secondary N) is 1. The zero-order chi connectivity index (χ0) is 16.8. The van der Waals surface area contributed by atoms with Gasteiger partial charge in [-0.05, 0) is 36.8 Å². The van der Waals surface area contributed by atoms with Crippen LogP contribution in [0.1, 0.15) is 11.3 Å². The molecule has 0 atom stereocenters. The van der Waals surface area contributed by atoms with E-state index >= 15 is 0 Å². The molecule has 0 unspecified atom stereocenters. The highest BCUT2D eigenvalue weighted by molar-refractivity contribution is 6.40. The minimum Gasteiger partial charge on any atom is -0.465 e. The average Bonchev–Trinajstić information content (AvgIpc) is 3.04. The number of rotatable bonds is 5. The zero-order valence-corrected chi connectivity index (χ0v) is 13.6. The summed E-state index contributed by atoms with van der Waals surface area (Å²) < 4.78 is 9.84. The second-order valence-corrected chi connectivity index (χ2v) is 5.34. The number of carbonyl (C=O) groups is 2. The summed E-state index contributed by atoms with van der Waals surface area (Å²) >= 11 is 12.1. The van der Waals surface area contributed by atoms with Crippen LogP contribution in [0.5, 0.6) is 0 Å². The summed E-state index contributed by atoms with van der Waals surface area (Å²) in [6.45, 7) is 1.33. The van der Waals surface area contributed by atoms with Gasteiger partial charge in [-0.25, -0.2) is 4.79 Å². The second-order valence-electron chi connectivity index (χ2n) is 4.56. The van der Waals surface area contributed by atoms with Crippen molar-refractivity contribution in [3.63, 3.8) is 0 Å². The van der Waals surface area contributed by atoms with E-state index in [1.165, 1.54) is 18.4 Å². The highest BCUT2D eigenvalue weighted by Crippen LogP contribution is 2.32. The lowest BCUT2D eigenvalue weighted by molar-refractivity contribution is -0.142. The number of amides is 1. The van der Waals surface area contributed by atoms with Gasteiger partial charge < -0.3 is 14.5 Å². The van der Waals surface area contributed by atoms with Gasteiger partial charge in [0.15, 0.2) is 6.61 Å². The summed E-state index contributed by atoms with van der Waals surface area (Å²) in [7, 11) is 0. The van der Waals surface area contributed by atoms with Crippen LogP contribution >= 0.6 is 23.2 Å². The Kier molecular flexibility index (Phi) is 5.84. The van der Waals surface area contributed by atoms with Crippen LogP contribution in [0.3, 0.4) is 0 Å². The van der Waals surface area contributed by atoms with E-state index in [1.807, 2.05) is 0 Å². The number of carbonyl (C=O) groups excluding carboxylic acids is 2. The third-order valence-corrected chi connectivity index (χ3v) is 3.62. The lowest BCUT2D eigenvalue weighted by Crippen LogP contribution is -2.20. The Bertz CT molecular complexity index is 739. The largest absolute Gasteiger partial charge is 0.465 e. The Morgan fingerprint density at radius 1 is 1.30 bits per heavy atom. The number of anilines is 1. The van der Waals surface area contributed by atoms with Crippen molar-refractivity contribution < 1.29 is 18.7 Å². The summed E-state index contributed by atoms with van der Waals surface area (Å²) in [5.74, 6) is -0.707. The quantitative estimate of drug-likeness (QED) is 0.649. The topological polar surface area (TPSA) is 68.5 Å². The number of esters is 1. The molecule has 120 valence electrons. The van der Waals surface area contributed by atoms with Gasteiger partial charge in [-0.2, -0.15) is 0 Å². The van der Waals surface area contributed by atoms with Crippen molar-refractivity contribution >= 4 is 46.8 Å². The van der Waals surface area contributed by atoms with E-state index in [0.29, 0.717) is 21.5 Å². The molecule has 0 aliphatic carbocycles. The van der Waals surface area contributed by atoms with Crippen LogP contribution < -0.4 is 5.32 Å². The standard InChI is InChI=1S/C16H13Cl2NO4/c1-10-4-6-12(17)16(15(10)18)19-13(20)9-23-14(21)7-5-11-3-2-8-22-11/h2-8H,9H2,1H3,(H,19,20)/b7-5+. The van der Waals surface area contributed by atoms with Gasteiger partial charge in [0.05, 0.1) is 22.0 Å². The predicted molar refractivity (Wildman–Crippen MR) is 88.5 cm³/mol. The summed E-state index contributed by atoms with van der Waals surface area (Å²) in [4.78, 5) is 23.3. The molecule has 0 saturated carbocycles. The number of ether oxygens (including phenoxy) is 1. The van der Waals surface area contributed by atoms with Crippen LogP contribution in [0.2, 0.25) is 10.0 Å². The van der Waals surface area contributed by atoms with E-state index in [9.17, 15) is 9.59 Å². The van der Waals surface area contributed by atoms with E-state index in [-0.39, 0.29) is 0 Å². The number of furan rings is 1. The number of hydrogen-bond donors (Lipinski definition) is 1. The molecule has 0 fully saturated rings. The van der Waals surface area contributed by atoms with Crippen molar-refractivity contribution in [2.75, 3.05) is 11.9 Å². The molecule has 1 aromatic heterocycles. The van der Waals surface area contributed by atoms with Gasteiger partial charge in [0.2, 0.25) is 0 Å². The molecule has 0 radical (unpaired) electrons. The molecule has 1 heterocycles. The van der Waals surface area contributed by atoms with Gasteiger partial charge in [0.1, 0.15) is 5.76 Å². The Hall–Kier alpha value is -2.24. The molecule has 0 saturated heterocycles. The molecule has 2 rings (SSSR count). The zero-order valence-electron chi connectivity index (χ0n) is 12.1. The summed E-state index contributed by atoms with van der Waals surface area (Å²) in [6, 6.07) is 6.72. The van der Waals surface area contributed by atoms with Gasteiger partial charge in [0.25, 0.3) is 5.91 Å². The van der Waals surface area contributed by atoms with Gasteiger partial charge in [0, 0.05) is 6.08 Å². The molecule has 0 spiro atoms. The molecule has 5 nitrogen and oxygen atoms in total. The third-order valence-electron chi connectivity index (χ3n) is 2.82. The number of benzene rings is 1. The lowest BCUT2D eigenvalue weighted by atomic mass is 10.2. The molecule has 0 aliphatic rings. The number of aryl methyl sites for hydroxylation is 1. The van der Waals surface area contributed by atoms with E-state index in [1.54, 1.807) is 31.2 Å². The van der Waals surface area contributed by atoms with Crippen molar-refractivity contribution in [1.29, 1.82) is 0 Å². The van der Waals surface area contributed by atoms with Gasteiger partial charge in [-0.1, -0.05) is 29.3 Å². The first-order valence-corrected chi connectivity index (χ1v) is 7.36. The van der Waals surface area contributed by atoms with Crippen LogP contribution in [-0.4, -0.2) is 18.5 Å². The summed E-state index contributed by atoms with van der Waals surface area (Å²) in [6.07, 6.45) is 4.08. The van der Waals surface area contributed by atoms with Crippen molar-refractivity contribution in [3.05, 3.63) is 58.0 Å². The molecular formula is C16H13Cl2NO4. The Balaban J connectivity index is 1.88. The van der Waals surface area contributed by atoms with E-state index < -0.39 is 18.5 Å². The first kappa shape index (κ1) is 17.1. The Morgan fingerprint density at radius 2 is 2.09 bits per heavy atom. The van der Waals surface area contributed by atoms with Gasteiger partial charge in [-0.3, -0.25) is 4.79 Å². The Labute approximate surface area is 142 Å². The van der Waals surface area contributed by atoms with Crippen molar-refractivity contribution in [2.45, 2.75) is 6.92 Å². The number of halogens is 2. The second kappa shape index (κ2) is 7.85. The Morgan fingerprint density at radius 3 is 2.78 bits per heavy atom. The number of hydrogen-bond acceptors (Lipinski definition) is 4. The van der Waals surface area contributed by atoms with Crippen molar-refractivity contribution in [3.8, 4) is 0 Å². The fourth-order valence-electron chi connectivity index (χ4n) is 1.67. The van der Waals surface area contributed by atoms with Crippen molar-refractivity contribution in [1.82, 2.24) is 0 Å². The minimum atomic E-state index is -0.669. The monoisotopic (exact) mass is 353 g/mol. The van der Waals surface area contributed by atoms with Gasteiger partial charge >= 0.3 is 5.97 Å². The fourth-order valence-corrected chi connectivity index (χ4v) is 2.13. The predicted octanol–water partition coefficient (Wildman–Crippen LogP) is 4.09. The summed E-state index contributed by atoms with van der Waals surface area (Å²) in [5.41, 5.74) is 1.06. The molecule has 0 aliphatic heterocycles. The van der Waals surface area contributed by atoms with E-state index in [4.69, 9.17) is 32.4 Å². The molecule has 0 bridgehead atoms. The van der Waals surface area contributed by atoms with E-state index in [0.717, 1.165) is 5.56 Å². The van der Waals surface area contributed by atoms with Crippen LogP contribution in [-0.2, 0) is 14.3 Å². The molecule has 1 amide bonds. The molecule has 23 heavy (non-hydrogen) atoms. The fraction of sp³-hybridized carbons (Fsp3) is 0.125. The molecule has 1 N–H and O–H groups in total. The maximum atomic E-state index is 11.8. The maximum absolute atomic E-state index is 11.8. The van der Waals surface area contributed by atoms with Crippen molar-refractivity contribution in [2.24, 2.45) is 0 Å². The minimum absolute atomic E-state index is 0.292. The lowest BCUT2D eigenvalue weighted by Gasteiger charge is -2.11. The van der Waals surface area contributed by atoms with Crippen LogP contribution in [0, 0.1) is 6.92 Å². The maximum Gasteiger partial charge on any atom is 0.331 e. The third kappa shape index (κ3) is 4.87. The first-order chi connectivity index (χ1) is 11.0. The summed E-state index contributed by atoms with van der Waals surface area (Å²) in [5, 5.41) is 3.17. The molecular weight excluding hydrogens is 341 g/mol. The SMILES string of the molecule is Cc1ccc(Cl)c(NC(=O)COC(=O)/C=C/c2ccco2)c1Cl. The highest BCUT2D eigenvalue weighted by Gasteiger charge is 2.12. The smallest absolute Gasteiger partial charge is 0.331 e. The molecule has 1 aromatic carbocycles. The van der Waals surface area contributed by atoms with Crippen LogP contribution in [0.4, 0.5) is 5.69 Å². The molecule has 2 aromatic rings. The average molecular weight is 354 g/mol. The van der Waals surface area contributed by atoms with Crippen LogP contribution in [0.15, 0.2) is 41.0 Å². The van der Waals surface area contributed by atoms with Crippen LogP contribution in [0.25, 0.3) is 6.08 Å². The van der Waals surface area contributed by atoms with E-state index in [2.05, 4.69) is 5.32 Å².